The number of pyridine rings is 1. The van der Waals surface area contributed by atoms with Crippen molar-refractivity contribution in [2.24, 2.45) is 0 Å². The monoisotopic (exact) mass is 357 g/mol. The average molecular weight is 358 g/mol. The summed E-state index contributed by atoms with van der Waals surface area (Å²) in [5, 5.41) is 18.3. The molecule has 6 nitrogen and oxygen atoms in total. The van der Waals surface area contributed by atoms with Crippen molar-refractivity contribution >= 4 is 23.1 Å². The molecule has 0 bridgehead atoms. The number of nitrogens with one attached hydrogen (secondary N) is 1. The second-order valence-corrected chi connectivity index (χ2v) is 7.00. The number of hydrogen-bond donors (Lipinski definition) is 2. The van der Waals surface area contributed by atoms with Crippen molar-refractivity contribution < 1.29 is 5.11 Å². The van der Waals surface area contributed by atoms with E-state index in [2.05, 4.69) is 15.3 Å². The van der Waals surface area contributed by atoms with Crippen molar-refractivity contribution in [3.8, 4) is 11.3 Å². The number of rotatable bonds is 3. The topological polar surface area (TPSA) is 75.3 Å². The van der Waals surface area contributed by atoms with Crippen LogP contribution in [0, 0.1) is 6.92 Å². The molecule has 2 N–H and O–H groups in total. The third-order valence-corrected chi connectivity index (χ3v) is 4.93. The van der Waals surface area contributed by atoms with Crippen LogP contribution in [-0.2, 0) is 0 Å². The van der Waals surface area contributed by atoms with Crippen LogP contribution in [0.25, 0.3) is 16.9 Å². The summed E-state index contributed by atoms with van der Waals surface area (Å²) in [6.45, 7) is 2.03. The van der Waals surface area contributed by atoms with E-state index in [-0.39, 0.29) is 6.10 Å². The minimum Gasteiger partial charge on any atom is -0.393 e. The standard InChI is InChI=1S/C18H20ClN5O/c1-11-8-17(22-13-2-4-14(25)5-3-13)23-24-15(10-21-18(11)24)12-6-7-20-16(19)9-12/h6-10,13-14,25H,2-5H2,1H3,(H,22,23)/t13-,14-. The van der Waals surface area contributed by atoms with Crippen molar-refractivity contribution in [2.45, 2.75) is 44.8 Å². The van der Waals surface area contributed by atoms with E-state index in [1.165, 1.54) is 0 Å². The van der Waals surface area contributed by atoms with E-state index in [0.717, 1.165) is 54.0 Å². The highest BCUT2D eigenvalue weighted by molar-refractivity contribution is 6.29. The zero-order valence-corrected chi connectivity index (χ0v) is 14.7. The molecule has 0 amide bonds. The number of halogens is 1. The van der Waals surface area contributed by atoms with Gasteiger partial charge in [0, 0.05) is 17.8 Å². The van der Waals surface area contributed by atoms with Crippen molar-refractivity contribution in [3.05, 3.63) is 41.3 Å². The molecule has 1 saturated carbocycles. The first-order valence-corrected chi connectivity index (χ1v) is 8.90. The van der Waals surface area contributed by atoms with Gasteiger partial charge in [-0.3, -0.25) is 0 Å². The number of aryl methyl sites for hydroxylation is 1. The van der Waals surface area contributed by atoms with Crippen molar-refractivity contribution in [1.82, 2.24) is 19.6 Å². The van der Waals surface area contributed by atoms with Crippen molar-refractivity contribution in [1.29, 1.82) is 0 Å². The van der Waals surface area contributed by atoms with Crippen LogP contribution in [0.2, 0.25) is 5.15 Å². The fraction of sp³-hybridized carbons (Fsp3) is 0.389. The van der Waals surface area contributed by atoms with Gasteiger partial charge in [0.1, 0.15) is 11.0 Å². The summed E-state index contributed by atoms with van der Waals surface area (Å²) in [4.78, 5) is 8.53. The fourth-order valence-electron chi connectivity index (χ4n) is 3.38. The van der Waals surface area contributed by atoms with E-state index in [0.29, 0.717) is 11.2 Å². The van der Waals surface area contributed by atoms with Gasteiger partial charge in [-0.25, -0.2) is 14.5 Å². The van der Waals surface area contributed by atoms with E-state index in [1.807, 2.05) is 35.8 Å². The third kappa shape index (κ3) is 3.32. The number of nitrogens with zero attached hydrogens (tertiary/aromatic N) is 4. The van der Waals surface area contributed by atoms with Crippen LogP contribution in [0.5, 0.6) is 0 Å². The summed E-state index contributed by atoms with van der Waals surface area (Å²) in [5.74, 6) is 0.825. The molecular weight excluding hydrogens is 338 g/mol. The summed E-state index contributed by atoms with van der Waals surface area (Å²) in [7, 11) is 0. The maximum atomic E-state index is 9.66. The van der Waals surface area contributed by atoms with Gasteiger partial charge >= 0.3 is 0 Å². The molecule has 0 saturated heterocycles. The Morgan fingerprint density at radius 1 is 1.20 bits per heavy atom. The molecule has 4 rings (SSSR count). The maximum absolute atomic E-state index is 9.66. The van der Waals surface area contributed by atoms with E-state index in [1.54, 1.807) is 6.20 Å². The Labute approximate surface area is 150 Å². The number of imidazole rings is 1. The van der Waals surface area contributed by atoms with Gasteiger partial charge < -0.3 is 10.4 Å². The molecule has 130 valence electrons. The number of hydrogen-bond acceptors (Lipinski definition) is 5. The van der Waals surface area contributed by atoms with Crippen LogP contribution in [0.15, 0.2) is 30.6 Å². The molecule has 7 heteroatoms. The first kappa shape index (κ1) is 16.3. The number of fused-ring (bicyclic) bond motifs is 1. The predicted octanol–water partition coefficient (Wildman–Crippen LogP) is 3.47. The summed E-state index contributed by atoms with van der Waals surface area (Å²) < 4.78 is 1.85. The Morgan fingerprint density at radius 2 is 2.00 bits per heavy atom. The fourth-order valence-corrected chi connectivity index (χ4v) is 3.55. The van der Waals surface area contributed by atoms with Gasteiger partial charge in [0.15, 0.2) is 5.65 Å². The molecule has 1 fully saturated rings. The molecule has 25 heavy (non-hydrogen) atoms. The van der Waals surface area contributed by atoms with Crippen LogP contribution >= 0.6 is 11.6 Å². The Kier molecular flexibility index (Phi) is 4.31. The largest absolute Gasteiger partial charge is 0.393 e. The predicted molar refractivity (Wildman–Crippen MR) is 97.9 cm³/mol. The van der Waals surface area contributed by atoms with Gasteiger partial charge in [0.25, 0.3) is 0 Å². The summed E-state index contributed by atoms with van der Waals surface area (Å²) in [6.07, 6.45) is 6.91. The van der Waals surface area contributed by atoms with E-state index in [9.17, 15) is 5.11 Å². The second-order valence-electron chi connectivity index (χ2n) is 6.61. The molecule has 3 aromatic heterocycles. The van der Waals surface area contributed by atoms with Gasteiger partial charge in [-0.05, 0) is 56.4 Å². The zero-order chi connectivity index (χ0) is 17.4. The van der Waals surface area contributed by atoms with Crippen molar-refractivity contribution in [2.75, 3.05) is 5.32 Å². The molecule has 1 aliphatic carbocycles. The van der Waals surface area contributed by atoms with Gasteiger partial charge in [0.2, 0.25) is 0 Å². The van der Waals surface area contributed by atoms with E-state index < -0.39 is 0 Å². The number of anilines is 1. The van der Waals surface area contributed by atoms with Crippen LogP contribution in [0.3, 0.4) is 0 Å². The van der Waals surface area contributed by atoms with Crippen LogP contribution in [-0.4, -0.2) is 36.8 Å². The van der Waals surface area contributed by atoms with Gasteiger partial charge in [0.05, 0.1) is 18.0 Å². The molecule has 3 heterocycles. The Balaban J connectivity index is 1.69. The van der Waals surface area contributed by atoms with Crippen LogP contribution in [0.4, 0.5) is 5.82 Å². The molecular formula is C18H20ClN5O. The molecule has 0 aromatic carbocycles. The third-order valence-electron chi connectivity index (χ3n) is 4.72. The molecule has 0 unspecified atom stereocenters. The maximum Gasteiger partial charge on any atom is 0.157 e. The number of aliphatic hydroxyl groups is 1. The summed E-state index contributed by atoms with van der Waals surface area (Å²) in [5.41, 5.74) is 3.69. The van der Waals surface area contributed by atoms with Gasteiger partial charge in [-0.1, -0.05) is 11.6 Å². The van der Waals surface area contributed by atoms with Crippen molar-refractivity contribution in [3.63, 3.8) is 0 Å². The lowest BCUT2D eigenvalue weighted by Crippen LogP contribution is -2.28. The lowest BCUT2D eigenvalue weighted by Gasteiger charge is -2.26. The lowest BCUT2D eigenvalue weighted by atomic mass is 9.93. The SMILES string of the molecule is Cc1cc(N[C@H]2CC[C@H](O)CC2)nn2c(-c3ccnc(Cl)c3)cnc12. The van der Waals surface area contributed by atoms with Gasteiger partial charge in [-0.15, -0.1) is 5.10 Å². The highest BCUT2D eigenvalue weighted by atomic mass is 35.5. The lowest BCUT2D eigenvalue weighted by molar-refractivity contribution is 0.126. The highest BCUT2D eigenvalue weighted by Gasteiger charge is 2.20. The van der Waals surface area contributed by atoms with E-state index >= 15 is 0 Å². The highest BCUT2D eigenvalue weighted by Crippen LogP contribution is 2.26. The Morgan fingerprint density at radius 3 is 2.76 bits per heavy atom. The number of aliphatic hydroxyl groups excluding tert-OH is 1. The second kappa shape index (κ2) is 6.61. The minimum absolute atomic E-state index is 0.160. The summed E-state index contributed by atoms with van der Waals surface area (Å²) >= 11 is 6.02. The average Bonchev–Trinajstić information content (AvgIpc) is 3.01. The Hall–Kier alpha value is -2.18. The molecule has 0 spiro atoms. The van der Waals surface area contributed by atoms with Gasteiger partial charge in [-0.2, -0.15) is 0 Å². The number of aromatic nitrogens is 4. The normalized spacial score (nSPS) is 20.8. The minimum atomic E-state index is -0.160. The zero-order valence-electron chi connectivity index (χ0n) is 14.0. The molecule has 0 atom stereocenters. The smallest absolute Gasteiger partial charge is 0.157 e. The van der Waals surface area contributed by atoms with E-state index in [4.69, 9.17) is 16.7 Å². The quantitative estimate of drug-likeness (QED) is 0.702. The van der Waals surface area contributed by atoms with Crippen LogP contribution in [0.1, 0.15) is 31.2 Å². The molecule has 0 aliphatic heterocycles. The van der Waals surface area contributed by atoms with Crippen LogP contribution < -0.4 is 5.32 Å². The molecule has 0 radical (unpaired) electrons. The Bertz CT molecular complexity index is 902. The molecule has 3 aromatic rings. The first-order valence-electron chi connectivity index (χ1n) is 8.52. The summed E-state index contributed by atoms with van der Waals surface area (Å²) in [6, 6.07) is 6.08. The molecule has 1 aliphatic rings. The first-order chi connectivity index (χ1) is 12.1.